The van der Waals surface area contributed by atoms with Crippen molar-refractivity contribution < 1.29 is 27.6 Å². The van der Waals surface area contributed by atoms with Crippen molar-refractivity contribution in [3.63, 3.8) is 0 Å². The predicted molar refractivity (Wildman–Crippen MR) is 246 cm³/mol. The van der Waals surface area contributed by atoms with Crippen LogP contribution in [0.3, 0.4) is 0 Å². The number of nitrogen functional groups attached to an aromatic ring is 3. The number of carbonyl (C=O) groups excluding carboxylic acids is 3. The molecule has 0 unspecified atom stereocenters. The van der Waals surface area contributed by atoms with E-state index in [9.17, 15) is 27.6 Å². The van der Waals surface area contributed by atoms with E-state index in [1.54, 1.807) is 32.9 Å². The number of anilines is 3. The van der Waals surface area contributed by atoms with E-state index in [-0.39, 0.29) is 81.1 Å². The van der Waals surface area contributed by atoms with Gasteiger partial charge in [0.05, 0.1) is 45.8 Å². The fourth-order valence-corrected chi connectivity index (χ4v) is 7.59. The minimum atomic E-state index is -0.792. The molecule has 3 heterocycles. The molecule has 0 aliphatic rings. The Labute approximate surface area is 381 Å². The molecule has 6 aromatic rings. The third-order valence-electron chi connectivity index (χ3n) is 9.98. The van der Waals surface area contributed by atoms with E-state index in [1.165, 1.54) is 27.6 Å². The number of aryl methyl sites for hydroxylation is 3. The lowest BCUT2D eigenvalue weighted by Crippen LogP contribution is -2.19. The van der Waals surface area contributed by atoms with Crippen LogP contribution < -0.4 is 40.1 Å². The Balaban J connectivity index is 0.000000213. The van der Waals surface area contributed by atoms with Gasteiger partial charge in [0.1, 0.15) is 34.5 Å². The number of nitrogens with two attached hydrogens (primary N) is 7. The van der Waals surface area contributed by atoms with Gasteiger partial charge in [-0.3, -0.25) is 14.4 Å². The van der Waals surface area contributed by atoms with Gasteiger partial charge in [-0.25, -0.2) is 27.2 Å². The van der Waals surface area contributed by atoms with E-state index < -0.39 is 35.2 Å². The van der Waals surface area contributed by atoms with Crippen LogP contribution in [-0.2, 0) is 6.54 Å². The molecule has 344 valence electrons. The molecular weight excluding hydrogens is 909 g/mol. The lowest BCUT2D eigenvalue weighted by molar-refractivity contribution is 0.0985. The molecule has 0 spiro atoms. The van der Waals surface area contributed by atoms with E-state index in [1.807, 2.05) is 47.6 Å². The molecule has 0 aliphatic carbocycles. The van der Waals surface area contributed by atoms with Crippen molar-refractivity contribution in [2.45, 2.75) is 86.6 Å². The van der Waals surface area contributed by atoms with Crippen molar-refractivity contribution in [1.29, 1.82) is 5.26 Å². The smallest absolute Gasteiger partial charge is 0.269 e. The Hall–Kier alpha value is -7.18. The molecule has 3 aromatic heterocycles. The third-order valence-corrected chi connectivity index (χ3v) is 10.4. The molecule has 0 radical (unpaired) electrons. The number of nitrogens with zero attached hydrogens (tertiary/aromatic N) is 7. The summed E-state index contributed by atoms with van der Waals surface area (Å²) in [6.07, 6.45) is 0. The fraction of sp³-hybridized carbons (Fsp3) is 0.295. The molecule has 0 saturated carbocycles. The molecule has 6 rings (SSSR count). The van der Waals surface area contributed by atoms with Crippen LogP contribution in [0, 0.1) is 49.6 Å². The highest BCUT2D eigenvalue weighted by atomic mass is 79.9. The van der Waals surface area contributed by atoms with Crippen molar-refractivity contribution >= 4 is 50.7 Å². The summed E-state index contributed by atoms with van der Waals surface area (Å²) in [4.78, 5) is 35.1. The molecule has 14 N–H and O–H groups in total. The standard InChI is InChI=1S/C15H20FN5O.C15H16FN5O.C14H16BrFN4O/c2*1-7(2)12-11(18)14(15(19)22)21(20-12)13-8(3)4-9(6-17)5-10(13)16;1-6(2)11-10(17)13(14(18)21)20(19-11)12-7(3)4-8(15)5-9(12)16/h4-5,7H,6,17-18H2,1-3H3,(H2,19,22);4-5,7H,18H2,1-3H3,(H2,19,22);4-6H,17H2,1-3H3,(H2,18,21). The number of carbonyl (C=O) groups is 3. The Morgan fingerprint density at radius 1 is 0.600 bits per heavy atom. The second-order valence-electron chi connectivity index (χ2n) is 16.0. The van der Waals surface area contributed by atoms with E-state index in [4.69, 9.17) is 45.4 Å². The monoisotopic (exact) mass is 960 g/mol. The van der Waals surface area contributed by atoms with Crippen LogP contribution in [0.1, 0.15) is 136 Å². The summed E-state index contributed by atoms with van der Waals surface area (Å²) in [6, 6.07) is 10.6. The Morgan fingerprint density at radius 3 is 1.20 bits per heavy atom. The fourth-order valence-electron chi connectivity index (χ4n) is 7.04. The van der Waals surface area contributed by atoms with Crippen molar-refractivity contribution in [3.05, 3.63) is 120 Å². The summed E-state index contributed by atoms with van der Waals surface area (Å²) < 4.78 is 47.2. The van der Waals surface area contributed by atoms with Gasteiger partial charge in [-0.2, -0.15) is 20.6 Å². The Morgan fingerprint density at radius 2 is 0.923 bits per heavy atom. The van der Waals surface area contributed by atoms with Crippen LogP contribution in [0.2, 0.25) is 0 Å². The summed E-state index contributed by atoms with van der Waals surface area (Å²) in [5.41, 5.74) is 44.4. The van der Waals surface area contributed by atoms with Crippen molar-refractivity contribution in [2.75, 3.05) is 17.2 Å². The van der Waals surface area contributed by atoms with Crippen molar-refractivity contribution in [1.82, 2.24) is 29.3 Å². The van der Waals surface area contributed by atoms with Gasteiger partial charge in [0.15, 0.2) is 17.1 Å². The zero-order chi connectivity index (χ0) is 49.1. The lowest BCUT2D eigenvalue weighted by atomic mass is 10.1. The number of halogens is 4. The Bertz CT molecular complexity index is 2800. The maximum atomic E-state index is 14.5. The first-order valence-corrected chi connectivity index (χ1v) is 20.8. The van der Waals surface area contributed by atoms with Gasteiger partial charge in [-0.1, -0.05) is 63.5 Å². The van der Waals surface area contributed by atoms with Crippen molar-refractivity contribution in [2.24, 2.45) is 22.9 Å². The van der Waals surface area contributed by atoms with Crippen LogP contribution in [0.15, 0.2) is 40.9 Å². The number of amides is 3. The van der Waals surface area contributed by atoms with E-state index in [2.05, 4.69) is 31.2 Å². The summed E-state index contributed by atoms with van der Waals surface area (Å²) in [5, 5.41) is 21.7. The highest BCUT2D eigenvalue weighted by Gasteiger charge is 2.28. The molecule has 3 aromatic carbocycles. The first-order valence-electron chi connectivity index (χ1n) is 20.0. The molecular formula is C44H52BrF3N14O3. The highest BCUT2D eigenvalue weighted by Crippen LogP contribution is 2.33. The third kappa shape index (κ3) is 10.3. The number of benzene rings is 3. The van der Waals surface area contributed by atoms with E-state index >= 15 is 0 Å². The molecule has 65 heavy (non-hydrogen) atoms. The topological polar surface area (TPSA) is 311 Å². The Kier molecular flexibility index (Phi) is 15.6. The van der Waals surface area contributed by atoms with Gasteiger partial charge in [0.25, 0.3) is 17.7 Å². The first kappa shape index (κ1) is 50.5. The zero-order valence-corrected chi connectivity index (χ0v) is 38.9. The number of hydrogen-bond donors (Lipinski definition) is 7. The van der Waals surface area contributed by atoms with Crippen molar-refractivity contribution in [3.8, 4) is 23.1 Å². The van der Waals surface area contributed by atoms with Gasteiger partial charge in [0, 0.05) is 11.0 Å². The number of nitriles is 1. The summed E-state index contributed by atoms with van der Waals surface area (Å²) in [5.74, 6) is -4.08. The second-order valence-corrected chi connectivity index (χ2v) is 16.9. The van der Waals surface area contributed by atoms with Gasteiger partial charge in [-0.15, -0.1) is 0 Å². The maximum absolute atomic E-state index is 14.5. The molecule has 17 nitrogen and oxygen atoms in total. The molecule has 0 saturated heterocycles. The second kappa shape index (κ2) is 20.1. The summed E-state index contributed by atoms with van der Waals surface area (Å²) >= 11 is 3.22. The van der Waals surface area contributed by atoms with Crippen LogP contribution in [0.4, 0.5) is 30.2 Å². The van der Waals surface area contributed by atoms with Gasteiger partial charge in [0.2, 0.25) is 0 Å². The van der Waals surface area contributed by atoms with E-state index in [0.717, 1.165) is 10.7 Å². The van der Waals surface area contributed by atoms with Crippen LogP contribution >= 0.6 is 15.9 Å². The predicted octanol–water partition coefficient (Wildman–Crippen LogP) is 6.47. The largest absolute Gasteiger partial charge is 0.395 e. The highest BCUT2D eigenvalue weighted by molar-refractivity contribution is 9.10. The zero-order valence-electron chi connectivity index (χ0n) is 37.3. The summed E-state index contributed by atoms with van der Waals surface area (Å²) in [7, 11) is 0. The minimum Gasteiger partial charge on any atom is -0.395 e. The molecule has 21 heteroatoms. The number of hydrogen-bond acceptors (Lipinski definition) is 11. The van der Waals surface area contributed by atoms with Gasteiger partial charge < -0.3 is 40.1 Å². The molecule has 0 atom stereocenters. The average Bonchev–Trinajstić information content (AvgIpc) is 3.84. The first-order chi connectivity index (χ1) is 30.3. The molecule has 0 aliphatic heterocycles. The van der Waals surface area contributed by atoms with Crippen LogP contribution in [0.5, 0.6) is 0 Å². The summed E-state index contributed by atoms with van der Waals surface area (Å²) in [6.45, 7) is 16.5. The lowest BCUT2D eigenvalue weighted by Gasteiger charge is -2.11. The number of primary amides is 3. The molecule has 0 fully saturated rings. The number of rotatable bonds is 10. The normalized spacial score (nSPS) is 11.0. The number of aromatic nitrogens is 6. The molecule has 0 bridgehead atoms. The quantitative estimate of drug-likeness (QED) is 0.0781. The average molecular weight is 962 g/mol. The van der Waals surface area contributed by atoms with Gasteiger partial charge in [-0.05, 0) is 91.1 Å². The SMILES string of the molecule is Cc1cc(Br)cc(F)c1-n1nc(C(C)C)c(N)c1C(N)=O.Cc1cc(C#N)cc(F)c1-n1nc(C(C)C)c(N)c1C(N)=O.Cc1cc(CN)cc(F)c1-n1nc(C(C)C)c(N)c1C(N)=O. The van der Waals surface area contributed by atoms with Crippen LogP contribution in [-0.4, -0.2) is 47.1 Å². The molecule has 3 amide bonds. The minimum absolute atomic E-state index is 0.00280. The maximum Gasteiger partial charge on any atom is 0.269 e. The van der Waals surface area contributed by atoms with Crippen LogP contribution in [0.25, 0.3) is 17.1 Å². The van der Waals surface area contributed by atoms with E-state index in [0.29, 0.717) is 43.8 Å². The van der Waals surface area contributed by atoms with Gasteiger partial charge >= 0.3 is 0 Å².